The van der Waals surface area contributed by atoms with Crippen molar-refractivity contribution in [3.63, 3.8) is 0 Å². The molecule has 9 nitrogen and oxygen atoms in total. The van der Waals surface area contributed by atoms with Gasteiger partial charge < -0.3 is 29.7 Å². The number of hydrogen-bond acceptors (Lipinski definition) is 8. The minimum Gasteiger partial charge on any atom is -0.453 e. The molecule has 2 N–H and O–H groups in total. The van der Waals surface area contributed by atoms with Gasteiger partial charge in [0, 0.05) is 42.0 Å². The summed E-state index contributed by atoms with van der Waals surface area (Å²) in [6, 6.07) is 25.4. The van der Waals surface area contributed by atoms with Crippen LogP contribution in [0.25, 0.3) is 20.7 Å². The molecule has 1 fully saturated rings. The topological polar surface area (TPSA) is 102 Å². The Morgan fingerprint density at radius 1 is 1.02 bits per heavy atom. The summed E-state index contributed by atoms with van der Waals surface area (Å²) in [5.41, 5.74) is 3.29. The molecule has 1 atom stereocenters. The summed E-state index contributed by atoms with van der Waals surface area (Å²) < 4.78 is 33.5. The largest absolute Gasteiger partial charge is 0.453 e. The molecule has 51 heavy (non-hydrogen) atoms. The van der Waals surface area contributed by atoms with Gasteiger partial charge in [-0.25, -0.2) is 9.18 Å². The number of nitrogens with one attached hydrogen (secondary N) is 2. The summed E-state index contributed by atoms with van der Waals surface area (Å²) in [6.45, 7) is 7.17. The molecular weight excluding hydrogens is 688 g/mol. The predicted octanol–water partition coefficient (Wildman–Crippen LogP) is 8.87. The molecular formula is C39H39FN4O5S2. The molecule has 3 heterocycles. The zero-order valence-electron chi connectivity index (χ0n) is 28.6. The Hall–Kier alpha value is -4.91. The van der Waals surface area contributed by atoms with Gasteiger partial charge in [0.15, 0.2) is 16.7 Å². The van der Waals surface area contributed by atoms with E-state index in [1.54, 1.807) is 23.2 Å². The lowest BCUT2D eigenvalue weighted by atomic mass is 10.1. The Kier molecular flexibility index (Phi) is 11.2. The van der Waals surface area contributed by atoms with Crippen LogP contribution in [0.4, 0.5) is 14.9 Å². The molecule has 0 bridgehead atoms. The van der Waals surface area contributed by atoms with Gasteiger partial charge in [0.05, 0.1) is 29.3 Å². The molecule has 1 unspecified atom stereocenters. The lowest BCUT2D eigenvalue weighted by molar-refractivity contribution is -0.119. The average molecular weight is 727 g/mol. The molecule has 0 spiro atoms. The van der Waals surface area contributed by atoms with Crippen molar-refractivity contribution >= 4 is 56.6 Å². The van der Waals surface area contributed by atoms with Crippen molar-refractivity contribution in [3.05, 3.63) is 108 Å². The number of carbonyl (C=O) groups is 2. The quantitative estimate of drug-likeness (QED) is 0.138. The highest BCUT2D eigenvalue weighted by Crippen LogP contribution is 2.40. The van der Waals surface area contributed by atoms with Crippen molar-refractivity contribution in [1.82, 2.24) is 15.2 Å². The Bertz CT molecular complexity index is 2010. The summed E-state index contributed by atoms with van der Waals surface area (Å²) in [5, 5.41) is 5.54. The number of benzene rings is 3. The summed E-state index contributed by atoms with van der Waals surface area (Å²) in [7, 11) is 0. The maximum atomic E-state index is 15.2. The number of nitrogens with zero attached hydrogens (tertiary/aromatic N) is 2. The van der Waals surface area contributed by atoms with E-state index in [0.717, 1.165) is 44.6 Å². The molecule has 1 saturated heterocycles. The Morgan fingerprint density at radius 2 is 1.80 bits per heavy atom. The van der Waals surface area contributed by atoms with Gasteiger partial charge in [-0.15, -0.1) is 11.3 Å². The van der Waals surface area contributed by atoms with Crippen LogP contribution >= 0.6 is 23.6 Å². The summed E-state index contributed by atoms with van der Waals surface area (Å²) in [4.78, 5) is 32.6. The lowest BCUT2D eigenvalue weighted by Crippen LogP contribution is -2.40. The van der Waals surface area contributed by atoms with Crippen LogP contribution in [0.3, 0.4) is 0 Å². The minimum absolute atomic E-state index is 0.00476. The van der Waals surface area contributed by atoms with Crippen molar-refractivity contribution in [2.45, 2.75) is 58.3 Å². The first kappa shape index (κ1) is 35.9. The number of thiocarbonyl (C=S) groups is 1. The first-order valence-corrected chi connectivity index (χ1v) is 17.9. The lowest BCUT2D eigenvalue weighted by Gasteiger charge is -2.29. The number of thiophene rings is 1. The SMILES string of the molecule is CC(C)(C)OC(=O)N(Cc1ccc(-c2cc3nccc(Oc4ccc(NC(=S)NC(=O)Cc5ccccc5)cc4F)c3s2)cc1)CC1CCCO1. The Balaban J connectivity index is 1.11. The third-order valence-electron chi connectivity index (χ3n) is 7.96. The summed E-state index contributed by atoms with van der Waals surface area (Å²) >= 11 is 6.75. The minimum atomic E-state index is -0.601. The second-order valence-corrected chi connectivity index (χ2v) is 14.7. The van der Waals surface area contributed by atoms with Crippen molar-refractivity contribution in [3.8, 4) is 21.9 Å². The number of pyridine rings is 1. The molecule has 6 rings (SSSR count). The molecule has 5 aromatic rings. The fourth-order valence-corrected chi connectivity index (χ4v) is 6.89. The van der Waals surface area contributed by atoms with E-state index in [4.69, 9.17) is 26.4 Å². The first-order valence-electron chi connectivity index (χ1n) is 16.7. The molecule has 12 heteroatoms. The number of aromatic nitrogens is 1. The highest BCUT2D eigenvalue weighted by Gasteiger charge is 2.27. The van der Waals surface area contributed by atoms with Crippen molar-refractivity contribution in [2.75, 3.05) is 18.5 Å². The van der Waals surface area contributed by atoms with E-state index < -0.39 is 11.4 Å². The maximum Gasteiger partial charge on any atom is 0.410 e. The smallest absolute Gasteiger partial charge is 0.410 e. The van der Waals surface area contributed by atoms with Crippen molar-refractivity contribution in [2.24, 2.45) is 0 Å². The van der Waals surface area contributed by atoms with E-state index in [-0.39, 0.29) is 35.4 Å². The molecule has 1 aliphatic rings. The molecule has 0 aliphatic carbocycles. The molecule has 0 saturated carbocycles. The van der Waals surface area contributed by atoms with Gasteiger partial charge in [0.25, 0.3) is 0 Å². The molecule has 1 aliphatic heterocycles. The maximum absolute atomic E-state index is 15.2. The van der Waals surface area contributed by atoms with Gasteiger partial charge in [-0.3, -0.25) is 9.78 Å². The summed E-state index contributed by atoms with van der Waals surface area (Å²) in [5.74, 6) is -0.375. The van der Waals surface area contributed by atoms with Crippen molar-refractivity contribution in [1.29, 1.82) is 0 Å². The molecule has 0 radical (unpaired) electrons. The van der Waals surface area contributed by atoms with E-state index in [1.807, 2.05) is 81.4 Å². The highest BCUT2D eigenvalue weighted by atomic mass is 32.1. The number of rotatable bonds is 10. The molecule has 2 aromatic heterocycles. The first-order chi connectivity index (χ1) is 24.5. The van der Waals surface area contributed by atoms with Crippen LogP contribution in [0, 0.1) is 5.82 Å². The van der Waals surface area contributed by atoms with Gasteiger partial charge in [-0.05, 0) is 80.7 Å². The Labute approximate surface area is 305 Å². The van der Waals surface area contributed by atoms with Crippen molar-refractivity contribution < 1.29 is 28.2 Å². The van der Waals surface area contributed by atoms with E-state index in [1.165, 1.54) is 23.5 Å². The normalized spacial score (nSPS) is 14.2. The molecule has 2 amide bonds. The van der Waals surface area contributed by atoms with Crippen LogP contribution in [-0.4, -0.2) is 51.9 Å². The van der Waals surface area contributed by atoms with Gasteiger partial charge >= 0.3 is 6.09 Å². The van der Waals surface area contributed by atoms with Crippen LogP contribution in [0.5, 0.6) is 11.5 Å². The van der Waals surface area contributed by atoms with Crippen LogP contribution in [0.2, 0.25) is 0 Å². The number of halogens is 1. The second kappa shape index (κ2) is 16.0. The van der Waals surface area contributed by atoms with Crippen LogP contribution in [0.1, 0.15) is 44.7 Å². The standard InChI is InChI=1S/C39H39FN4O5S2/c1-39(2,3)49-38(46)44(24-29-10-7-19-47-29)23-26-11-13-27(14-12-26)34-22-31-36(51-34)33(17-18-41-31)48-32-16-15-28(21-30(32)40)42-37(50)43-35(45)20-25-8-5-4-6-9-25/h4-6,8-9,11-18,21-22,29H,7,10,19-20,23-24H2,1-3H3,(H2,42,43,45,50). The average Bonchev–Trinajstić information content (AvgIpc) is 3.76. The fourth-order valence-electron chi connectivity index (χ4n) is 5.59. The number of fused-ring (bicyclic) bond motifs is 1. The fraction of sp³-hybridized carbons (Fsp3) is 0.282. The van der Waals surface area contributed by atoms with E-state index >= 15 is 4.39 Å². The number of carbonyl (C=O) groups excluding carboxylic acids is 2. The van der Waals surface area contributed by atoms with Gasteiger partial charge in [-0.1, -0.05) is 54.6 Å². The van der Waals surface area contributed by atoms with Crippen LogP contribution in [-0.2, 0) is 27.2 Å². The third-order valence-corrected chi connectivity index (χ3v) is 9.35. The monoisotopic (exact) mass is 726 g/mol. The highest BCUT2D eigenvalue weighted by molar-refractivity contribution is 7.80. The second-order valence-electron chi connectivity index (χ2n) is 13.2. The van der Waals surface area contributed by atoms with E-state index in [0.29, 0.717) is 31.1 Å². The zero-order valence-corrected chi connectivity index (χ0v) is 30.2. The number of anilines is 1. The van der Waals surface area contributed by atoms with Crippen LogP contribution in [0.15, 0.2) is 91.1 Å². The number of hydrogen-bond donors (Lipinski definition) is 2. The van der Waals surface area contributed by atoms with E-state index in [9.17, 15) is 9.59 Å². The van der Waals surface area contributed by atoms with Crippen LogP contribution < -0.4 is 15.4 Å². The Morgan fingerprint density at radius 3 is 2.51 bits per heavy atom. The molecule has 3 aromatic carbocycles. The number of ether oxygens (including phenoxy) is 3. The van der Waals surface area contributed by atoms with E-state index in [2.05, 4.69) is 15.6 Å². The summed E-state index contributed by atoms with van der Waals surface area (Å²) in [6.07, 6.45) is 3.35. The predicted molar refractivity (Wildman–Crippen MR) is 202 cm³/mol. The third kappa shape index (κ3) is 9.87. The van der Waals surface area contributed by atoms with Gasteiger partial charge in [-0.2, -0.15) is 0 Å². The van der Waals surface area contributed by atoms with Gasteiger partial charge in [0.2, 0.25) is 5.91 Å². The molecule has 264 valence electrons. The van der Waals surface area contributed by atoms with Gasteiger partial charge in [0.1, 0.15) is 11.4 Å². The zero-order chi connectivity index (χ0) is 36.0. The number of amides is 2.